The van der Waals surface area contributed by atoms with E-state index in [1.54, 1.807) is 11.1 Å². The van der Waals surface area contributed by atoms with Gasteiger partial charge in [-0.3, -0.25) is 24.4 Å². The molecule has 0 spiro atoms. The first-order valence-electron chi connectivity index (χ1n) is 22.3. The smallest absolute Gasteiger partial charge is 0.420 e. The van der Waals surface area contributed by atoms with Gasteiger partial charge in [0.25, 0.3) is 5.91 Å². The summed E-state index contributed by atoms with van der Waals surface area (Å²) in [5.74, 6) is -4.43. The fourth-order valence-electron chi connectivity index (χ4n) is 8.61. The molecule has 2 aliphatic heterocycles. The van der Waals surface area contributed by atoms with Crippen molar-refractivity contribution in [2.75, 3.05) is 36.2 Å². The first-order chi connectivity index (χ1) is 33.7. The Kier molecular flexibility index (Phi) is 15.5. The van der Waals surface area contributed by atoms with E-state index in [1.165, 1.54) is 37.3 Å². The number of pyridine rings is 1. The van der Waals surface area contributed by atoms with Crippen LogP contribution >= 0.6 is 23.6 Å². The molecule has 2 saturated heterocycles. The Bertz CT molecular complexity index is 2870. The van der Waals surface area contributed by atoms with Crippen LogP contribution in [0.2, 0.25) is 0 Å². The number of amides is 2. The van der Waals surface area contributed by atoms with E-state index in [0.717, 1.165) is 39.9 Å². The number of nitrogens with zero attached hydrogens (tertiary/aromatic N) is 6. The fourth-order valence-corrected chi connectivity index (χ4v) is 9.82. The molecule has 2 amide bonds. The number of likely N-dealkylation sites (tertiary alicyclic amines) is 1. The number of aliphatic hydroxyl groups excluding tert-OH is 2. The van der Waals surface area contributed by atoms with Crippen molar-refractivity contribution in [1.29, 1.82) is 5.26 Å². The molecule has 5 heterocycles. The fraction of sp³-hybridized carbons (Fsp3) is 0.417. The summed E-state index contributed by atoms with van der Waals surface area (Å²) < 4.78 is 127. The molecule has 3 aromatic heterocycles. The number of benzene rings is 2. The predicted molar refractivity (Wildman–Crippen MR) is 252 cm³/mol. The van der Waals surface area contributed by atoms with Gasteiger partial charge < -0.3 is 34.9 Å². The molecular formula is C48H48F8N8O6S2. The van der Waals surface area contributed by atoms with Gasteiger partial charge in [0.1, 0.15) is 41.2 Å². The van der Waals surface area contributed by atoms with Crippen molar-refractivity contribution in [1.82, 2.24) is 25.2 Å². The van der Waals surface area contributed by atoms with Crippen molar-refractivity contribution in [3.8, 4) is 33.6 Å². The molecule has 384 valence electrons. The molecule has 24 heteroatoms. The number of alkyl halides is 6. The number of aliphatic hydroxyl groups is 2. The summed E-state index contributed by atoms with van der Waals surface area (Å²) in [6, 6.07) is 8.83. The van der Waals surface area contributed by atoms with Crippen LogP contribution in [0.4, 0.5) is 46.5 Å². The van der Waals surface area contributed by atoms with E-state index in [4.69, 9.17) is 31.9 Å². The Hall–Kier alpha value is -6.10. The number of nitriles is 1. The average Bonchev–Trinajstić information content (AvgIpc) is 4.11. The number of β-amino-alcohol motifs (C(OH)–C–C–N with tert-alkyl or cyclic N) is 1. The molecule has 0 aliphatic carbocycles. The van der Waals surface area contributed by atoms with Gasteiger partial charge in [0.05, 0.1) is 70.1 Å². The van der Waals surface area contributed by atoms with Crippen LogP contribution in [0.15, 0.2) is 66.3 Å². The quantitative estimate of drug-likeness (QED) is 0.0419. The van der Waals surface area contributed by atoms with Crippen LogP contribution in [0.3, 0.4) is 0 Å². The summed E-state index contributed by atoms with van der Waals surface area (Å²) in [5.41, 5.74) is -8.63. The van der Waals surface area contributed by atoms with Crippen LogP contribution in [-0.4, -0.2) is 97.3 Å². The summed E-state index contributed by atoms with van der Waals surface area (Å²) in [7, 11) is 0. The molecule has 5 aromatic rings. The lowest BCUT2D eigenvalue weighted by molar-refractivity contribution is -0.140. The number of thiocarbonyl (C=S) groups is 1. The lowest BCUT2D eigenvalue weighted by Gasteiger charge is -2.40. The number of imidazole rings is 1. The highest BCUT2D eigenvalue weighted by Crippen LogP contribution is 2.44. The zero-order chi connectivity index (χ0) is 52.7. The van der Waals surface area contributed by atoms with Crippen molar-refractivity contribution in [3.05, 3.63) is 100 Å². The van der Waals surface area contributed by atoms with Gasteiger partial charge in [-0.25, -0.2) is 13.8 Å². The Balaban J connectivity index is 0.942. The van der Waals surface area contributed by atoms with E-state index >= 15 is 8.78 Å². The third-order valence-corrected chi connectivity index (χ3v) is 13.4. The van der Waals surface area contributed by atoms with Crippen molar-refractivity contribution in [3.63, 3.8) is 0 Å². The second-order valence-electron chi connectivity index (χ2n) is 18.7. The predicted octanol–water partition coefficient (Wildman–Crippen LogP) is 9.14. The third-order valence-electron chi connectivity index (χ3n) is 12.1. The molecule has 0 saturated carbocycles. The Morgan fingerprint density at radius 2 is 1.79 bits per heavy atom. The number of thiophene rings is 1. The normalized spacial score (nSPS) is 18.4. The van der Waals surface area contributed by atoms with E-state index < -0.39 is 110 Å². The van der Waals surface area contributed by atoms with Gasteiger partial charge in [0.2, 0.25) is 5.91 Å². The number of carbonyl (C=O) groups is 2. The van der Waals surface area contributed by atoms with Gasteiger partial charge >= 0.3 is 12.4 Å². The lowest BCUT2D eigenvalue weighted by atomic mass is 9.85. The van der Waals surface area contributed by atoms with Crippen molar-refractivity contribution < 1.29 is 64.4 Å². The zero-order valence-corrected chi connectivity index (χ0v) is 40.8. The maximum Gasteiger partial charge on any atom is 0.420 e. The molecule has 2 aliphatic rings. The Morgan fingerprint density at radius 1 is 1.07 bits per heavy atom. The van der Waals surface area contributed by atoms with Crippen LogP contribution in [0.5, 0.6) is 5.75 Å². The number of ether oxygens (including phenoxy) is 2. The van der Waals surface area contributed by atoms with E-state index in [-0.39, 0.29) is 37.8 Å². The second kappa shape index (κ2) is 20.8. The maximum atomic E-state index is 15.9. The lowest BCUT2D eigenvalue weighted by Crippen LogP contribution is -2.58. The highest BCUT2D eigenvalue weighted by Gasteiger charge is 2.52. The number of rotatable bonds is 16. The number of aromatic nitrogens is 3. The van der Waals surface area contributed by atoms with E-state index in [0.29, 0.717) is 42.1 Å². The van der Waals surface area contributed by atoms with Crippen LogP contribution in [-0.2, 0) is 26.7 Å². The summed E-state index contributed by atoms with van der Waals surface area (Å²) in [5, 5.41) is 35.7. The number of hydrogen-bond acceptors (Lipinski definition) is 12. The van der Waals surface area contributed by atoms with Crippen LogP contribution in [0.1, 0.15) is 82.4 Å². The van der Waals surface area contributed by atoms with E-state index in [1.807, 2.05) is 38.3 Å². The minimum Gasteiger partial charge on any atom is -0.494 e. The number of carbonyl (C=O) groups excluding carboxylic acids is 2. The number of hydrogen-bond donors (Lipinski definition) is 4. The van der Waals surface area contributed by atoms with Gasteiger partial charge in [-0.15, -0.1) is 11.3 Å². The van der Waals surface area contributed by atoms with Crippen molar-refractivity contribution in [2.45, 2.75) is 96.2 Å². The largest absolute Gasteiger partial charge is 0.494 e. The first kappa shape index (κ1) is 53.7. The first-order valence-corrected chi connectivity index (χ1v) is 23.6. The van der Waals surface area contributed by atoms with E-state index in [9.17, 15) is 46.1 Å². The number of halogens is 8. The maximum absolute atomic E-state index is 15.9. The molecule has 2 fully saturated rings. The molecule has 7 rings (SSSR count). The number of nitrogens with one attached hydrogen (secondary N) is 2. The summed E-state index contributed by atoms with van der Waals surface area (Å²) in [4.78, 5) is 42.6. The molecule has 2 aromatic carbocycles. The average molecular weight is 1050 g/mol. The number of H-pyrrole nitrogens is 1. The number of aromatic amines is 1. The molecular weight excluding hydrogens is 1000 g/mol. The van der Waals surface area contributed by atoms with Crippen LogP contribution < -0.4 is 19.9 Å². The summed E-state index contributed by atoms with van der Waals surface area (Å²) >= 11 is 6.91. The topological polar surface area (TPSA) is 180 Å². The van der Waals surface area contributed by atoms with Crippen LogP contribution in [0.25, 0.3) is 21.8 Å². The molecule has 14 nitrogen and oxygen atoms in total. The van der Waals surface area contributed by atoms with Crippen molar-refractivity contribution >= 4 is 51.9 Å². The Morgan fingerprint density at radius 3 is 2.43 bits per heavy atom. The van der Waals surface area contributed by atoms with Gasteiger partial charge in [-0.1, -0.05) is 26.8 Å². The van der Waals surface area contributed by atoms with Gasteiger partial charge in [0.15, 0.2) is 16.7 Å². The summed E-state index contributed by atoms with van der Waals surface area (Å²) in [6.07, 6.45) is -8.69. The second-order valence-corrected chi connectivity index (χ2v) is 20.0. The molecule has 4 N–H and O–H groups in total. The third kappa shape index (κ3) is 11.1. The minimum absolute atomic E-state index is 0.0652. The van der Waals surface area contributed by atoms with E-state index in [2.05, 4.69) is 15.3 Å². The Labute approximate surface area is 417 Å². The molecule has 72 heavy (non-hydrogen) atoms. The molecule has 0 radical (unpaired) electrons. The standard InChI is InChI=1S/C48H48F8N8O6S2/c1-45(2,3)40(42(67)62-23-27(65)18-34(62)41-59-22-32(60-41)35-9-8-16-72-35)61-36(66)24-69-14-6-7-15-70-28-11-12-29(30(19-28)47(51,52)53)39-31(49)17-26(21-58-39)64-44(71)63(43(68)46(64,4)5)33-13-10-25(20-57)37(38(33)50)48(54,55)56/h8-13,16-17,19,21-22,27,34,40,42,65,67H,6-7,14-15,18,23-24H2,1-5H3,(H,59,60)(H,61,66)/t27-,34+,40-,42?/m1/s1. The van der Waals surface area contributed by atoms with Crippen LogP contribution in [0, 0.1) is 28.4 Å². The van der Waals surface area contributed by atoms with Crippen molar-refractivity contribution in [2.24, 2.45) is 5.41 Å². The highest BCUT2D eigenvalue weighted by atomic mass is 32.1. The monoisotopic (exact) mass is 1050 g/mol. The molecule has 1 unspecified atom stereocenters. The molecule has 0 bridgehead atoms. The number of anilines is 2. The number of unbranched alkanes of at least 4 members (excludes halogenated alkanes) is 1. The zero-order valence-electron chi connectivity index (χ0n) is 39.2. The SMILES string of the molecule is CC(C)(C)[C@H](NC(=O)COCCCCOc1ccc(-c2ncc(N3C(=S)N(c4ccc(C#N)c(C(F)(F)F)c4F)C(=O)C3(C)C)cc2F)c(C(F)(F)F)c1)C(O)N1C[C@H](O)C[C@H]1c1nc(-c2cccs2)c[nH]1. The van der Waals surface area contributed by atoms with Gasteiger partial charge in [0, 0.05) is 31.0 Å². The minimum atomic E-state index is -5.33. The molecule has 4 atom stereocenters. The van der Waals surface area contributed by atoms with Gasteiger partial charge in [-0.05, 0) is 92.5 Å². The highest BCUT2D eigenvalue weighted by molar-refractivity contribution is 7.81. The van der Waals surface area contributed by atoms with Gasteiger partial charge in [-0.2, -0.15) is 31.6 Å². The summed E-state index contributed by atoms with van der Waals surface area (Å²) in [6.45, 7) is 7.87.